The second-order valence-corrected chi connectivity index (χ2v) is 3.69. The van der Waals surface area contributed by atoms with E-state index in [0.29, 0.717) is 0 Å². The van der Waals surface area contributed by atoms with Gasteiger partial charge in [0.2, 0.25) is 0 Å². The Morgan fingerprint density at radius 3 is 3.31 bits per heavy atom. The average molecular weight is 179 g/mol. The lowest BCUT2D eigenvalue weighted by atomic mass is 10.0. The van der Waals surface area contributed by atoms with E-state index in [0.717, 1.165) is 25.4 Å². The Morgan fingerprint density at radius 1 is 1.69 bits per heavy atom. The molecule has 0 aromatic carbocycles. The van der Waals surface area contributed by atoms with Gasteiger partial charge in [0.25, 0.3) is 0 Å². The van der Waals surface area contributed by atoms with Crippen LogP contribution >= 0.6 is 0 Å². The summed E-state index contributed by atoms with van der Waals surface area (Å²) in [6.07, 6.45) is 6.41. The highest BCUT2D eigenvalue weighted by Crippen LogP contribution is 2.13. The second-order valence-electron chi connectivity index (χ2n) is 3.69. The van der Waals surface area contributed by atoms with Gasteiger partial charge in [-0.25, -0.2) is 4.98 Å². The quantitative estimate of drug-likeness (QED) is 0.751. The van der Waals surface area contributed by atoms with Crippen LogP contribution in [0.5, 0.6) is 0 Å². The van der Waals surface area contributed by atoms with Crippen LogP contribution in [0.15, 0.2) is 12.4 Å². The topological polar surface area (TPSA) is 29.9 Å². The summed E-state index contributed by atoms with van der Waals surface area (Å²) in [7, 11) is 0. The largest absolute Gasteiger partial charge is 0.335 e. The standard InChI is InChI=1S/C10H17N3/c1-2-13-6-5-12-10(13)7-9-3-4-11-8-9/h5-6,9,11H,2-4,7-8H2,1H3. The van der Waals surface area contributed by atoms with E-state index in [9.17, 15) is 0 Å². The predicted octanol–water partition coefficient (Wildman–Crippen LogP) is 1.05. The van der Waals surface area contributed by atoms with Crippen molar-refractivity contribution in [3.05, 3.63) is 18.2 Å². The van der Waals surface area contributed by atoms with Gasteiger partial charge in [0, 0.05) is 25.4 Å². The Kier molecular flexibility index (Phi) is 2.64. The van der Waals surface area contributed by atoms with E-state index in [-0.39, 0.29) is 0 Å². The summed E-state index contributed by atoms with van der Waals surface area (Å²) >= 11 is 0. The fraction of sp³-hybridized carbons (Fsp3) is 0.700. The maximum atomic E-state index is 4.39. The Morgan fingerprint density at radius 2 is 2.62 bits per heavy atom. The molecule has 1 aromatic rings. The molecule has 1 aliphatic rings. The molecule has 0 amide bonds. The van der Waals surface area contributed by atoms with Crippen molar-refractivity contribution in [3.63, 3.8) is 0 Å². The number of aromatic nitrogens is 2. The predicted molar refractivity (Wildman–Crippen MR) is 52.6 cm³/mol. The van der Waals surface area contributed by atoms with Crippen molar-refractivity contribution < 1.29 is 0 Å². The van der Waals surface area contributed by atoms with Gasteiger partial charge in [0.05, 0.1) is 0 Å². The summed E-state index contributed by atoms with van der Waals surface area (Å²) in [6.45, 7) is 5.54. The van der Waals surface area contributed by atoms with Crippen LogP contribution in [-0.2, 0) is 13.0 Å². The summed E-state index contributed by atoms with van der Waals surface area (Å²) in [4.78, 5) is 4.39. The number of nitrogens with one attached hydrogen (secondary N) is 1. The van der Waals surface area contributed by atoms with Crippen LogP contribution in [0, 0.1) is 5.92 Å². The Hall–Kier alpha value is -0.830. The zero-order valence-corrected chi connectivity index (χ0v) is 8.16. The SMILES string of the molecule is CCn1ccnc1CC1CCNC1. The minimum atomic E-state index is 0.799. The molecule has 13 heavy (non-hydrogen) atoms. The lowest BCUT2D eigenvalue weighted by molar-refractivity contribution is 0.539. The van der Waals surface area contributed by atoms with Crippen LogP contribution in [-0.4, -0.2) is 22.6 Å². The maximum Gasteiger partial charge on any atom is 0.108 e. The summed E-state index contributed by atoms with van der Waals surface area (Å²) < 4.78 is 2.23. The zero-order chi connectivity index (χ0) is 9.10. The summed E-state index contributed by atoms with van der Waals surface area (Å²) in [5.74, 6) is 2.05. The van der Waals surface area contributed by atoms with Crippen LogP contribution in [0.2, 0.25) is 0 Å². The van der Waals surface area contributed by atoms with E-state index in [1.807, 2.05) is 6.20 Å². The van der Waals surface area contributed by atoms with E-state index in [1.54, 1.807) is 0 Å². The van der Waals surface area contributed by atoms with Gasteiger partial charge in [-0.2, -0.15) is 0 Å². The van der Waals surface area contributed by atoms with Crippen molar-refractivity contribution in [1.29, 1.82) is 0 Å². The molecule has 0 saturated carbocycles. The van der Waals surface area contributed by atoms with Crippen molar-refractivity contribution in [2.24, 2.45) is 5.92 Å². The van der Waals surface area contributed by atoms with Gasteiger partial charge in [-0.15, -0.1) is 0 Å². The molecule has 0 bridgehead atoms. The minimum Gasteiger partial charge on any atom is -0.335 e. The number of hydrogen-bond donors (Lipinski definition) is 1. The fourth-order valence-corrected chi connectivity index (χ4v) is 1.96. The van der Waals surface area contributed by atoms with E-state index >= 15 is 0 Å². The third-order valence-corrected chi connectivity index (χ3v) is 2.78. The van der Waals surface area contributed by atoms with E-state index in [1.165, 1.54) is 18.8 Å². The maximum absolute atomic E-state index is 4.39. The minimum absolute atomic E-state index is 0.799. The van der Waals surface area contributed by atoms with Crippen molar-refractivity contribution >= 4 is 0 Å². The molecule has 1 aliphatic heterocycles. The van der Waals surface area contributed by atoms with Crippen LogP contribution in [0.3, 0.4) is 0 Å². The number of aryl methyl sites for hydroxylation is 1. The van der Waals surface area contributed by atoms with Crippen molar-refractivity contribution in [2.75, 3.05) is 13.1 Å². The molecule has 1 atom stereocenters. The lowest BCUT2D eigenvalue weighted by Crippen LogP contribution is -2.13. The molecule has 0 radical (unpaired) electrons. The molecular weight excluding hydrogens is 162 g/mol. The highest BCUT2D eigenvalue weighted by molar-refractivity contribution is 4.95. The monoisotopic (exact) mass is 179 g/mol. The first kappa shape index (κ1) is 8.75. The molecular formula is C10H17N3. The van der Waals surface area contributed by atoms with Gasteiger partial charge < -0.3 is 9.88 Å². The molecule has 1 N–H and O–H groups in total. The average Bonchev–Trinajstić information content (AvgIpc) is 2.76. The van der Waals surface area contributed by atoms with Gasteiger partial charge in [-0.05, 0) is 32.4 Å². The molecule has 3 heteroatoms. The van der Waals surface area contributed by atoms with Crippen LogP contribution in [0.25, 0.3) is 0 Å². The number of imidazole rings is 1. The first-order valence-electron chi connectivity index (χ1n) is 5.11. The van der Waals surface area contributed by atoms with Crippen molar-refractivity contribution in [3.8, 4) is 0 Å². The third kappa shape index (κ3) is 1.91. The molecule has 1 aromatic heterocycles. The molecule has 72 valence electrons. The second kappa shape index (κ2) is 3.92. The number of rotatable bonds is 3. The van der Waals surface area contributed by atoms with Gasteiger partial charge in [-0.1, -0.05) is 0 Å². The van der Waals surface area contributed by atoms with Crippen LogP contribution in [0.1, 0.15) is 19.2 Å². The Labute approximate surface area is 79.2 Å². The van der Waals surface area contributed by atoms with E-state index < -0.39 is 0 Å². The van der Waals surface area contributed by atoms with Crippen molar-refractivity contribution in [1.82, 2.24) is 14.9 Å². The zero-order valence-electron chi connectivity index (χ0n) is 8.16. The molecule has 3 nitrogen and oxygen atoms in total. The van der Waals surface area contributed by atoms with E-state index in [4.69, 9.17) is 0 Å². The van der Waals surface area contributed by atoms with Gasteiger partial charge in [0.1, 0.15) is 5.82 Å². The van der Waals surface area contributed by atoms with Crippen molar-refractivity contribution in [2.45, 2.75) is 26.3 Å². The molecule has 2 heterocycles. The first-order chi connectivity index (χ1) is 6.40. The molecule has 1 saturated heterocycles. The normalized spacial score (nSPS) is 22.4. The summed E-state index contributed by atoms with van der Waals surface area (Å²) in [5.41, 5.74) is 0. The van der Waals surface area contributed by atoms with Gasteiger partial charge >= 0.3 is 0 Å². The number of hydrogen-bond acceptors (Lipinski definition) is 2. The highest BCUT2D eigenvalue weighted by Gasteiger charge is 2.16. The molecule has 1 unspecified atom stereocenters. The molecule has 2 rings (SSSR count). The summed E-state index contributed by atoms with van der Waals surface area (Å²) in [6, 6.07) is 0. The molecule has 0 aliphatic carbocycles. The highest BCUT2D eigenvalue weighted by atomic mass is 15.1. The van der Waals surface area contributed by atoms with Gasteiger partial charge in [-0.3, -0.25) is 0 Å². The third-order valence-electron chi connectivity index (χ3n) is 2.78. The Balaban J connectivity index is 1.99. The van der Waals surface area contributed by atoms with E-state index in [2.05, 4.69) is 28.0 Å². The fourth-order valence-electron chi connectivity index (χ4n) is 1.96. The van der Waals surface area contributed by atoms with Gasteiger partial charge in [0.15, 0.2) is 0 Å². The summed E-state index contributed by atoms with van der Waals surface area (Å²) in [5, 5.41) is 3.39. The number of nitrogens with zero attached hydrogens (tertiary/aromatic N) is 2. The van der Waals surface area contributed by atoms with Crippen LogP contribution < -0.4 is 5.32 Å². The molecule has 0 spiro atoms. The van der Waals surface area contributed by atoms with Crippen LogP contribution in [0.4, 0.5) is 0 Å². The first-order valence-corrected chi connectivity index (χ1v) is 5.11. The smallest absolute Gasteiger partial charge is 0.108 e. The Bertz CT molecular complexity index is 261. The molecule has 1 fully saturated rings. The lowest BCUT2D eigenvalue weighted by Gasteiger charge is -2.08.